The first-order valence-corrected chi connectivity index (χ1v) is 8.68. The number of halogens is 1. The van der Waals surface area contributed by atoms with Gasteiger partial charge in [0.2, 0.25) is 0 Å². The molecule has 0 bridgehead atoms. The second kappa shape index (κ2) is 8.68. The fourth-order valence-corrected chi connectivity index (χ4v) is 3.39. The molecule has 112 valence electrons. The highest BCUT2D eigenvalue weighted by atomic mass is 79.9. The monoisotopic (exact) mass is 339 g/mol. The molecule has 2 rings (SSSR count). The Balaban J connectivity index is 1.77. The highest BCUT2D eigenvalue weighted by molar-refractivity contribution is 9.10. The molecule has 1 N–H and O–H groups in total. The lowest BCUT2D eigenvalue weighted by Gasteiger charge is -2.23. The van der Waals surface area contributed by atoms with Gasteiger partial charge in [-0.05, 0) is 55.6 Å². The molecule has 0 amide bonds. The van der Waals surface area contributed by atoms with Crippen LogP contribution in [0.3, 0.4) is 0 Å². The molecule has 0 saturated heterocycles. The maximum Gasteiger partial charge on any atom is 0.119 e. The van der Waals surface area contributed by atoms with Crippen LogP contribution in [0.15, 0.2) is 28.7 Å². The van der Waals surface area contributed by atoms with E-state index in [1.165, 1.54) is 25.7 Å². The van der Waals surface area contributed by atoms with Gasteiger partial charge in [0.15, 0.2) is 0 Å². The normalized spacial score (nSPS) is 17.3. The highest BCUT2D eigenvalue weighted by Crippen LogP contribution is 2.33. The molecule has 1 fully saturated rings. The molecule has 0 heterocycles. The van der Waals surface area contributed by atoms with Crippen LogP contribution in [0.4, 0.5) is 0 Å². The molecule has 0 radical (unpaired) electrons. The summed E-state index contributed by atoms with van der Waals surface area (Å²) in [5.41, 5.74) is 0. The SMILES string of the molecule is CCNCC(CCOc1ccc(Br)cc1)C1CCCC1. The number of hydrogen-bond donors (Lipinski definition) is 1. The highest BCUT2D eigenvalue weighted by Gasteiger charge is 2.24. The number of nitrogens with one attached hydrogen (secondary N) is 1. The quantitative estimate of drug-likeness (QED) is 0.745. The van der Waals surface area contributed by atoms with Gasteiger partial charge in [-0.15, -0.1) is 0 Å². The summed E-state index contributed by atoms with van der Waals surface area (Å²) in [5.74, 6) is 2.65. The predicted octanol–water partition coefficient (Wildman–Crippen LogP) is 4.63. The van der Waals surface area contributed by atoms with Crippen LogP contribution in [0.1, 0.15) is 39.0 Å². The molecule has 1 saturated carbocycles. The number of benzene rings is 1. The van der Waals surface area contributed by atoms with E-state index in [1.807, 2.05) is 24.3 Å². The van der Waals surface area contributed by atoms with Gasteiger partial charge in [0.05, 0.1) is 6.61 Å². The maximum absolute atomic E-state index is 5.88. The van der Waals surface area contributed by atoms with Gasteiger partial charge in [-0.25, -0.2) is 0 Å². The number of rotatable bonds is 8. The molecule has 0 aromatic heterocycles. The minimum Gasteiger partial charge on any atom is -0.494 e. The first kappa shape index (κ1) is 15.8. The fraction of sp³-hybridized carbons (Fsp3) is 0.647. The summed E-state index contributed by atoms with van der Waals surface area (Å²) >= 11 is 3.45. The van der Waals surface area contributed by atoms with Crippen molar-refractivity contribution >= 4 is 15.9 Å². The zero-order valence-electron chi connectivity index (χ0n) is 12.4. The minimum absolute atomic E-state index is 0.771. The van der Waals surface area contributed by atoms with Crippen LogP contribution in [-0.4, -0.2) is 19.7 Å². The Morgan fingerprint density at radius 1 is 1.25 bits per heavy atom. The average Bonchev–Trinajstić information content (AvgIpc) is 2.98. The van der Waals surface area contributed by atoms with Gasteiger partial charge in [0.1, 0.15) is 5.75 Å². The molecule has 0 aliphatic heterocycles. The third-order valence-corrected chi connectivity index (χ3v) is 4.82. The zero-order chi connectivity index (χ0) is 14.2. The summed E-state index contributed by atoms with van der Waals surface area (Å²) in [6.07, 6.45) is 6.82. The molecule has 1 aromatic rings. The van der Waals surface area contributed by atoms with Crippen molar-refractivity contribution in [2.24, 2.45) is 11.8 Å². The van der Waals surface area contributed by atoms with Gasteiger partial charge in [0, 0.05) is 4.47 Å². The lowest BCUT2D eigenvalue weighted by Crippen LogP contribution is -2.28. The topological polar surface area (TPSA) is 21.3 Å². The van der Waals surface area contributed by atoms with E-state index in [-0.39, 0.29) is 0 Å². The summed E-state index contributed by atoms with van der Waals surface area (Å²) in [5, 5.41) is 3.52. The maximum atomic E-state index is 5.88. The Bertz CT molecular complexity index is 373. The van der Waals surface area contributed by atoms with Crippen molar-refractivity contribution in [2.45, 2.75) is 39.0 Å². The van der Waals surface area contributed by atoms with E-state index in [1.54, 1.807) is 0 Å². The van der Waals surface area contributed by atoms with Gasteiger partial charge in [-0.1, -0.05) is 48.5 Å². The molecule has 1 aromatic carbocycles. The van der Waals surface area contributed by atoms with E-state index in [2.05, 4.69) is 28.2 Å². The van der Waals surface area contributed by atoms with E-state index < -0.39 is 0 Å². The van der Waals surface area contributed by atoms with Crippen LogP contribution in [0, 0.1) is 11.8 Å². The van der Waals surface area contributed by atoms with Crippen LogP contribution in [0.5, 0.6) is 5.75 Å². The van der Waals surface area contributed by atoms with E-state index in [0.29, 0.717) is 0 Å². The van der Waals surface area contributed by atoms with E-state index >= 15 is 0 Å². The van der Waals surface area contributed by atoms with Crippen LogP contribution < -0.4 is 10.1 Å². The van der Waals surface area contributed by atoms with Crippen molar-refractivity contribution < 1.29 is 4.74 Å². The molecule has 1 atom stereocenters. The van der Waals surface area contributed by atoms with Crippen LogP contribution in [0.2, 0.25) is 0 Å². The number of ether oxygens (including phenoxy) is 1. The largest absolute Gasteiger partial charge is 0.494 e. The van der Waals surface area contributed by atoms with Gasteiger partial charge in [-0.3, -0.25) is 0 Å². The molecule has 1 aliphatic rings. The fourth-order valence-electron chi connectivity index (χ4n) is 3.12. The van der Waals surface area contributed by atoms with Gasteiger partial charge >= 0.3 is 0 Å². The Labute approximate surface area is 131 Å². The predicted molar refractivity (Wildman–Crippen MR) is 88.2 cm³/mol. The first-order chi connectivity index (χ1) is 9.79. The molecule has 1 aliphatic carbocycles. The van der Waals surface area contributed by atoms with Gasteiger partial charge < -0.3 is 10.1 Å². The van der Waals surface area contributed by atoms with Crippen molar-refractivity contribution in [3.05, 3.63) is 28.7 Å². The zero-order valence-corrected chi connectivity index (χ0v) is 14.0. The lowest BCUT2D eigenvalue weighted by atomic mass is 9.88. The molecular formula is C17H26BrNO. The third-order valence-electron chi connectivity index (χ3n) is 4.29. The summed E-state index contributed by atoms with van der Waals surface area (Å²) in [7, 11) is 0. The summed E-state index contributed by atoms with van der Waals surface area (Å²) in [4.78, 5) is 0. The Kier molecular flexibility index (Phi) is 6.88. The molecular weight excluding hydrogens is 314 g/mol. The van der Waals surface area contributed by atoms with Gasteiger partial charge in [-0.2, -0.15) is 0 Å². The Morgan fingerprint density at radius 2 is 1.95 bits per heavy atom. The average molecular weight is 340 g/mol. The third kappa shape index (κ3) is 5.10. The summed E-state index contributed by atoms with van der Waals surface area (Å²) < 4.78 is 6.98. The first-order valence-electron chi connectivity index (χ1n) is 7.88. The van der Waals surface area contributed by atoms with E-state index in [9.17, 15) is 0 Å². The molecule has 2 nitrogen and oxygen atoms in total. The molecule has 20 heavy (non-hydrogen) atoms. The van der Waals surface area contributed by atoms with Crippen molar-refractivity contribution in [3.63, 3.8) is 0 Å². The van der Waals surface area contributed by atoms with Gasteiger partial charge in [0.25, 0.3) is 0 Å². The molecule has 3 heteroatoms. The minimum atomic E-state index is 0.771. The van der Waals surface area contributed by atoms with Crippen molar-refractivity contribution in [2.75, 3.05) is 19.7 Å². The summed E-state index contributed by atoms with van der Waals surface area (Å²) in [6.45, 7) is 5.22. The number of hydrogen-bond acceptors (Lipinski definition) is 2. The van der Waals surface area contributed by atoms with Crippen LogP contribution in [-0.2, 0) is 0 Å². The Hall–Kier alpha value is -0.540. The van der Waals surface area contributed by atoms with Crippen molar-refractivity contribution in [3.8, 4) is 5.75 Å². The second-order valence-electron chi connectivity index (χ2n) is 5.70. The van der Waals surface area contributed by atoms with Crippen LogP contribution >= 0.6 is 15.9 Å². The molecule has 0 spiro atoms. The van der Waals surface area contributed by atoms with Crippen molar-refractivity contribution in [1.82, 2.24) is 5.32 Å². The summed E-state index contributed by atoms with van der Waals surface area (Å²) in [6, 6.07) is 8.11. The molecule has 1 unspecified atom stereocenters. The smallest absolute Gasteiger partial charge is 0.119 e. The van der Waals surface area contributed by atoms with Crippen LogP contribution in [0.25, 0.3) is 0 Å². The second-order valence-corrected chi connectivity index (χ2v) is 6.62. The standard InChI is InChI=1S/C17H26BrNO/c1-2-19-13-15(14-5-3-4-6-14)11-12-20-17-9-7-16(18)8-10-17/h7-10,14-15,19H,2-6,11-13H2,1H3. The van der Waals surface area contributed by atoms with E-state index in [0.717, 1.165) is 48.2 Å². The van der Waals surface area contributed by atoms with E-state index in [4.69, 9.17) is 4.74 Å². The Morgan fingerprint density at radius 3 is 2.60 bits per heavy atom. The lowest BCUT2D eigenvalue weighted by molar-refractivity contribution is 0.230. The van der Waals surface area contributed by atoms with Crippen molar-refractivity contribution in [1.29, 1.82) is 0 Å².